The second-order valence-electron chi connectivity index (χ2n) is 3.79. The first-order valence-electron chi connectivity index (χ1n) is 5.28. The Morgan fingerprint density at radius 2 is 2.20 bits per heavy atom. The minimum atomic E-state index is 0.519. The van der Waals surface area contributed by atoms with Crippen LogP contribution in [0.15, 0.2) is 6.20 Å². The van der Waals surface area contributed by atoms with Crippen LogP contribution >= 0.6 is 12.2 Å². The molecule has 0 unspecified atom stereocenters. The van der Waals surface area contributed by atoms with Gasteiger partial charge in [-0.2, -0.15) is 10.3 Å². The average molecular weight is 225 g/mol. The Bertz CT molecular complexity index is 304. The molecule has 1 saturated carbocycles. The highest BCUT2D eigenvalue weighted by molar-refractivity contribution is 7.80. The Balaban J connectivity index is 1.76. The second kappa shape index (κ2) is 5.06. The number of H-pyrrole nitrogens is 1. The smallest absolute Gasteiger partial charge is 0.174 e. The molecule has 15 heavy (non-hydrogen) atoms. The molecule has 0 atom stereocenters. The van der Waals surface area contributed by atoms with Crippen LogP contribution in [-0.4, -0.2) is 26.6 Å². The van der Waals surface area contributed by atoms with Crippen molar-refractivity contribution in [3.63, 3.8) is 0 Å². The lowest BCUT2D eigenvalue weighted by atomic mass is 9.96. The molecule has 0 spiro atoms. The van der Waals surface area contributed by atoms with Gasteiger partial charge in [0.15, 0.2) is 10.9 Å². The number of aromatic nitrogens is 3. The molecule has 0 saturated heterocycles. The van der Waals surface area contributed by atoms with Crippen LogP contribution < -0.4 is 10.6 Å². The summed E-state index contributed by atoms with van der Waals surface area (Å²) in [6.07, 6.45) is 7.96. The van der Waals surface area contributed by atoms with Gasteiger partial charge in [-0.1, -0.05) is 19.3 Å². The van der Waals surface area contributed by atoms with Crippen molar-refractivity contribution in [3.05, 3.63) is 6.20 Å². The number of nitrogens with one attached hydrogen (secondary N) is 3. The number of rotatable bonds is 2. The van der Waals surface area contributed by atoms with Crippen LogP contribution in [0.3, 0.4) is 0 Å². The molecule has 1 heterocycles. The fourth-order valence-corrected chi connectivity index (χ4v) is 2.12. The Morgan fingerprint density at radius 3 is 2.87 bits per heavy atom. The molecule has 1 aliphatic rings. The van der Waals surface area contributed by atoms with Gasteiger partial charge >= 0.3 is 0 Å². The van der Waals surface area contributed by atoms with Crippen LogP contribution in [0.2, 0.25) is 0 Å². The Labute approximate surface area is 94.0 Å². The number of aromatic amines is 1. The molecule has 1 aromatic heterocycles. The minimum absolute atomic E-state index is 0.519. The van der Waals surface area contributed by atoms with E-state index in [0.29, 0.717) is 17.0 Å². The average Bonchev–Trinajstić information content (AvgIpc) is 2.71. The van der Waals surface area contributed by atoms with Gasteiger partial charge in [0.2, 0.25) is 0 Å². The van der Waals surface area contributed by atoms with Gasteiger partial charge in [0.05, 0.1) is 6.20 Å². The van der Waals surface area contributed by atoms with Crippen molar-refractivity contribution in [2.24, 2.45) is 0 Å². The first-order valence-corrected chi connectivity index (χ1v) is 5.69. The summed E-state index contributed by atoms with van der Waals surface area (Å²) >= 11 is 5.18. The molecule has 0 aliphatic heterocycles. The van der Waals surface area contributed by atoms with E-state index < -0.39 is 0 Å². The number of hydrogen-bond acceptors (Lipinski definition) is 3. The van der Waals surface area contributed by atoms with E-state index in [1.807, 2.05) is 0 Å². The summed E-state index contributed by atoms with van der Waals surface area (Å²) < 4.78 is 0. The fraction of sp³-hybridized carbons (Fsp3) is 0.667. The van der Waals surface area contributed by atoms with E-state index in [9.17, 15) is 0 Å². The first kappa shape index (κ1) is 10.4. The topological polar surface area (TPSA) is 65.6 Å². The van der Waals surface area contributed by atoms with Gasteiger partial charge in [-0.25, -0.2) is 0 Å². The molecule has 0 bridgehead atoms. The van der Waals surface area contributed by atoms with Crippen molar-refractivity contribution < 1.29 is 0 Å². The van der Waals surface area contributed by atoms with Gasteiger partial charge in [0.25, 0.3) is 0 Å². The lowest BCUT2D eigenvalue weighted by molar-refractivity contribution is 0.415. The molecular weight excluding hydrogens is 210 g/mol. The van der Waals surface area contributed by atoms with Crippen LogP contribution in [0.4, 0.5) is 5.82 Å². The minimum Gasteiger partial charge on any atom is -0.360 e. The van der Waals surface area contributed by atoms with Crippen molar-refractivity contribution in [3.8, 4) is 0 Å². The number of hydrogen-bond donors (Lipinski definition) is 3. The zero-order valence-corrected chi connectivity index (χ0v) is 9.31. The third-order valence-electron chi connectivity index (χ3n) is 2.60. The summed E-state index contributed by atoms with van der Waals surface area (Å²) in [6.45, 7) is 0. The van der Waals surface area contributed by atoms with Gasteiger partial charge in [-0.3, -0.25) is 0 Å². The van der Waals surface area contributed by atoms with Crippen molar-refractivity contribution in [1.82, 2.24) is 20.7 Å². The highest BCUT2D eigenvalue weighted by Crippen LogP contribution is 2.17. The van der Waals surface area contributed by atoms with Crippen LogP contribution in [0.5, 0.6) is 0 Å². The SMILES string of the molecule is S=C(Nc1cn[nH]n1)NC1CCCCC1. The predicted molar refractivity (Wildman–Crippen MR) is 62.6 cm³/mol. The molecule has 0 amide bonds. The Kier molecular flexibility index (Phi) is 3.49. The van der Waals surface area contributed by atoms with Crippen molar-refractivity contribution in [1.29, 1.82) is 0 Å². The maximum atomic E-state index is 5.18. The fourth-order valence-electron chi connectivity index (χ4n) is 1.85. The van der Waals surface area contributed by atoms with Gasteiger partial charge in [-0.15, -0.1) is 5.10 Å². The van der Waals surface area contributed by atoms with Crippen LogP contribution in [0, 0.1) is 0 Å². The molecule has 0 radical (unpaired) electrons. The van der Waals surface area contributed by atoms with Crippen LogP contribution in [0.1, 0.15) is 32.1 Å². The molecule has 3 N–H and O–H groups in total. The second-order valence-corrected chi connectivity index (χ2v) is 4.20. The molecular formula is C9H15N5S. The van der Waals surface area contributed by atoms with Gasteiger partial charge in [-0.05, 0) is 25.1 Å². The maximum Gasteiger partial charge on any atom is 0.174 e. The molecule has 1 aliphatic carbocycles. The zero-order valence-electron chi connectivity index (χ0n) is 8.49. The normalized spacial score (nSPS) is 17.3. The van der Waals surface area contributed by atoms with Crippen LogP contribution in [0.25, 0.3) is 0 Å². The molecule has 1 fully saturated rings. The van der Waals surface area contributed by atoms with E-state index in [1.165, 1.54) is 32.1 Å². The molecule has 6 heteroatoms. The summed E-state index contributed by atoms with van der Waals surface area (Å²) in [6, 6.07) is 0.519. The monoisotopic (exact) mass is 225 g/mol. The third kappa shape index (κ3) is 3.16. The van der Waals surface area contributed by atoms with Crippen molar-refractivity contribution in [2.75, 3.05) is 5.32 Å². The van der Waals surface area contributed by atoms with E-state index in [4.69, 9.17) is 12.2 Å². The molecule has 5 nitrogen and oxygen atoms in total. The third-order valence-corrected chi connectivity index (χ3v) is 2.82. The summed E-state index contributed by atoms with van der Waals surface area (Å²) in [7, 11) is 0. The number of anilines is 1. The van der Waals surface area contributed by atoms with Crippen molar-refractivity contribution >= 4 is 23.1 Å². The van der Waals surface area contributed by atoms with Gasteiger partial charge in [0.1, 0.15) is 0 Å². The Hall–Kier alpha value is -1.17. The highest BCUT2D eigenvalue weighted by Gasteiger charge is 2.14. The molecule has 0 aromatic carbocycles. The molecule has 1 aromatic rings. The lowest BCUT2D eigenvalue weighted by Gasteiger charge is -2.23. The van der Waals surface area contributed by atoms with E-state index in [0.717, 1.165) is 0 Å². The highest BCUT2D eigenvalue weighted by atomic mass is 32.1. The predicted octanol–water partition coefficient (Wildman–Crippen LogP) is 1.42. The maximum absolute atomic E-state index is 5.18. The Morgan fingerprint density at radius 1 is 1.40 bits per heavy atom. The summed E-state index contributed by atoms with van der Waals surface area (Å²) in [4.78, 5) is 0. The lowest BCUT2D eigenvalue weighted by Crippen LogP contribution is -2.38. The summed E-state index contributed by atoms with van der Waals surface area (Å²) in [5, 5.41) is 17.0. The zero-order chi connectivity index (χ0) is 10.5. The summed E-state index contributed by atoms with van der Waals surface area (Å²) in [5.74, 6) is 0.656. The summed E-state index contributed by atoms with van der Waals surface area (Å²) in [5.41, 5.74) is 0. The van der Waals surface area contributed by atoms with E-state index in [2.05, 4.69) is 26.0 Å². The first-order chi connectivity index (χ1) is 7.34. The van der Waals surface area contributed by atoms with Crippen LogP contribution in [-0.2, 0) is 0 Å². The number of nitrogens with zero attached hydrogens (tertiary/aromatic N) is 2. The largest absolute Gasteiger partial charge is 0.360 e. The van der Waals surface area contributed by atoms with E-state index >= 15 is 0 Å². The molecule has 82 valence electrons. The van der Waals surface area contributed by atoms with Crippen molar-refractivity contribution in [2.45, 2.75) is 38.1 Å². The number of thiocarbonyl (C=S) groups is 1. The van der Waals surface area contributed by atoms with E-state index in [1.54, 1.807) is 6.20 Å². The quantitative estimate of drug-likeness (QED) is 0.664. The molecule has 2 rings (SSSR count). The van der Waals surface area contributed by atoms with E-state index in [-0.39, 0.29) is 0 Å². The standard InChI is InChI=1S/C9H15N5S/c15-9(12-8-6-10-14-13-8)11-7-4-2-1-3-5-7/h6-7H,1-5H2,(H3,10,11,12,13,14,15). The van der Waals surface area contributed by atoms with Gasteiger partial charge < -0.3 is 10.6 Å². The van der Waals surface area contributed by atoms with Gasteiger partial charge in [0, 0.05) is 6.04 Å².